The van der Waals surface area contributed by atoms with Crippen LogP contribution in [0.4, 0.5) is 0 Å². The molecule has 5 heteroatoms. The lowest BCUT2D eigenvalue weighted by Crippen LogP contribution is -2.23. The van der Waals surface area contributed by atoms with E-state index in [2.05, 4.69) is 0 Å². The third-order valence-corrected chi connectivity index (χ3v) is 3.42. The molecule has 0 radical (unpaired) electrons. The van der Waals surface area contributed by atoms with Crippen molar-refractivity contribution in [3.8, 4) is 28.8 Å². The molecule has 0 saturated heterocycles. The van der Waals surface area contributed by atoms with Gasteiger partial charge in [-0.2, -0.15) is 5.26 Å². The minimum atomic E-state index is -0.267. The fraction of sp³-hybridized carbons (Fsp3) is 0.294. The number of benzene rings is 1. The predicted octanol–water partition coefficient (Wildman–Crippen LogP) is 2.81. The van der Waals surface area contributed by atoms with Gasteiger partial charge in [0.15, 0.2) is 11.5 Å². The number of aromatic nitrogens is 1. The Balaban J connectivity index is 2.64. The fourth-order valence-electron chi connectivity index (χ4n) is 2.36. The number of hydrogen-bond donors (Lipinski definition) is 0. The molecule has 0 N–H and O–H groups in total. The molecule has 0 aliphatic heterocycles. The molecule has 0 aliphatic carbocycles. The second-order valence-corrected chi connectivity index (χ2v) is 4.77. The molecule has 0 unspecified atom stereocenters. The van der Waals surface area contributed by atoms with Gasteiger partial charge in [0.2, 0.25) is 0 Å². The quantitative estimate of drug-likeness (QED) is 0.851. The lowest BCUT2D eigenvalue weighted by Gasteiger charge is -2.14. The number of ether oxygens (including phenoxy) is 2. The van der Waals surface area contributed by atoms with E-state index in [0.717, 1.165) is 17.7 Å². The van der Waals surface area contributed by atoms with E-state index in [0.29, 0.717) is 18.0 Å². The van der Waals surface area contributed by atoms with E-state index in [9.17, 15) is 4.79 Å². The van der Waals surface area contributed by atoms with Crippen molar-refractivity contribution in [2.45, 2.75) is 19.9 Å². The second kappa shape index (κ2) is 6.81. The summed E-state index contributed by atoms with van der Waals surface area (Å²) >= 11 is 0. The first-order valence-electron chi connectivity index (χ1n) is 7.02. The topological polar surface area (TPSA) is 64.2 Å². The number of rotatable bonds is 5. The zero-order valence-electron chi connectivity index (χ0n) is 12.9. The van der Waals surface area contributed by atoms with Crippen molar-refractivity contribution in [2.24, 2.45) is 0 Å². The van der Waals surface area contributed by atoms with Gasteiger partial charge >= 0.3 is 0 Å². The van der Waals surface area contributed by atoms with Crippen molar-refractivity contribution in [2.75, 3.05) is 14.2 Å². The predicted molar refractivity (Wildman–Crippen MR) is 84.2 cm³/mol. The van der Waals surface area contributed by atoms with E-state index in [1.165, 1.54) is 0 Å². The summed E-state index contributed by atoms with van der Waals surface area (Å²) in [4.78, 5) is 12.3. The molecular formula is C17H18N2O3. The Labute approximate surface area is 129 Å². The highest BCUT2D eigenvalue weighted by molar-refractivity contribution is 5.65. The third-order valence-electron chi connectivity index (χ3n) is 3.42. The van der Waals surface area contributed by atoms with Crippen LogP contribution in [0.25, 0.3) is 11.3 Å². The Morgan fingerprint density at radius 1 is 1.14 bits per heavy atom. The first kappa shape index (κ1) is 15.6. The van der Waals surface area contributed by atoms with Gasteiger partial charge in [0.05, 0.1) is 19.9 Å². The van der Waals surface area contributed by atoms with E-state index < -0.39 is 0 Å². The largest absolute Gasteiger partial charge is 0.493 e. The van der Waals surface area contributed by atoms with Crippen LogP contribution >= 0.6 is 0 Å². The van der Waals surface area contributed by atoms with Crippen LogP contribution in [0, 0.1) is 11.3 Å². The molecule has 114 valence electrons. The maximum atomic E-state index is 12.3. The maximum absolute atomic E-state index is 12.3. The highest BCUT2D eigenvalue weighted by Crippen LogP contribution is 2.32. The molecule has 2 rings (SSSR count). The van der Waals surface area contributed by atoms with Crippen LogP contribution in [-0.2, 0) is 6.54 Å². The number of pyridine rings is 1. The summed E-state index contributed by atoms with van der Waals surface area (Å²) in [5, 5.41) is 9.02. The van der Waals surface area contributed by atoms with Crippen molar-refractivity contribution < 1.29 is 9.47 Å². The van der Waals surface area contributed by atoms with Gasteiger partial charge in [-0.05, 0) is 36.8 Å². The van der Waals surface area contributed by atoms with Gasteiger partial charge in [-0.3, -0.25) is 4.79 Å². The lowest BCUT2D eigenvalue weighted by molar-refractivity contribution is 0.355. The standard InChI is InChI=1S/C17H18N2O3/c1-4-9-19-14(7-5-13(11-18)17(19)20)12-6-8-15(21-2)16(10-12)22-3/h5-8,10H,4,9H2,1-3H3. The second-order valence-electron chi connectivity index (χ2n) is 4.77. The average Bonchev–Trinajstić information content (AvgIpc) is 2.56. The summed E-state index contributed by atoms with van der Waals surface area (Å²) in [6.07, 6.45) is 0.801. The number of nitrogens with zero attached hydrogens (tertiary/aromatic N) is 2. The molecule has 1 aromatic carbocycles. The molecule has 0 spiro atoms. The molecule has 0 aliphatic rings. The van der Waals surface area contributed by atoms with E-state index in [1.807, 2.05) is 25.1 Å². The summed E-state index contributed by atoms with van der Waals surface area (Å²) in [7, 11) is 3.14. The molecular weight excluding hydrogens is 280 g/mol. The molecule has 22 heavy (non-hydrogen) atoms. The van der Waals surface area contributed by atoms with Gasteiger partial charge in [-0.25, -0.2) is 0 Å². The number of methoxy groups -OCH3 is 2. The molecule has 0 atom stereocenters. The highest BCUT2D eigenvalue weighted by atomic mass is 16.5. The number of nitriles is 1. The van der Waals surface area contributed by atoms with Gasteiger partial charge in [-0.15, -0.1) is 0 Å². The van der Waals surface area contributed by atoms with Gasteiger partial charge in [0.25, 0.3) is 5.56 Å². The summed E-state index contributed by atoms with van der Waals surface area (Å²) in [6.45, 7) is 2.54. The van der Waals surface area contributed by atoms with Crippen molar-refractivity contribution in [1.82, 2.24) is 4.57 Å². The molecule has 1 aromatic heterocycles. The van der Waals surface area contributed by atoms with Gasteiger partial charge in [0, 0.05) is 12.1 Å². The Kier molecular flexibility index (Phi) is 4.84. The summed E-state index contributed by atoms with van der Waals surface area (Å²) in [6, 6.07) is 10.8. The smallest absolute Gasteiger partial charge is 0.268 e. The Hall–Kier alpha value is -2.74. The lowest BCUT2D eigenvalue weighted by atomic mass is 10.1. The average molecular weight is 298 g/mol. The van der Waals surface area contributed by atoms with E-state index >= 15 is 0 Å². The highest BCUT2D eigenvalue weighted by Gasteiger charge is 2.12. The van der Waals surface area contributed by atoms with Crippen LogP contribution in [0.3, 0.4) is 0 Å². The van der Waals surface area contributed by atoms with Gasteiger partial charge < -0.3 is 14.0 Å². The minimum Gasteiger partial charge on any atom is -0.493 e. The summed E-state index contributed by atoms with van der Waals surface area (Å²) in [5.41, 5.74) is 1.48. The monoisotopic (exact) mass is 298 g/mol. The SMILES string of the molecule is CCCn1c(-c2ccc(OC)c(OC)c2)ccc(C#N)c1=O. The Morgan fingerprint density at radius 2 is 1.86 bits per heavy atom. The summed E-state index contributed by atoms with van der Waals surface area (Å²) < 4.78 is 12.2. The molecule has 1 heterocycles. The van der Waals surface area contributed by atoms with E-state index in [4.69, 9.17) is 14.7 Å². The van der Waals surface area contributed by atoms with Crippen molar-refractivity contribution in [3.63, 3.8) is 0 Å². The molecule has 0 fully saturated rings. The number of hydrogen-bond acceptors (Lipinski definition) is 4. The van der Waals surface area contributed by atoms with Crippen LogP contribution in [0.15, 0.2) is 35.1 Å². The van der Waals surface area contributed by atoms with Crippen molar-refractivity contribution in [1.29, 1.82) is 5.26 Å². The Bertz CT molecular complexity index is 772. The van der Waals surface area contributed by atoms with Gasteiger partial charge in [-0.1, -0.05) is 6.92 Å². The normalized spacial score (nSPS) is 10.1. The summed E-state index contributed by atoms with van der Waals surface area (Å²) in [5.74, 6) is 1.23. The fourth-order valence-corrected chi connectivity index (χ4v) is 2.36. The first-order valence-corrected chi connectivity index (χ1v) is 7.02. The van der Waals surface area contributed by atoms with Crippen LogP contribution in [0.1, 0.15) is 18.9 Å². The molecule has 0 bridgehead atoms. The zero-order valence-corrected chi connectivity index (χ0v) is 12.9. The molecule has 0 saturated carbocycles. The minimum absolute atomic E-state index is 0.151. The van der Waals surface area contributed by atoms with Crippen LogP contribution in [0.2, 0.25) is 0 Å². The molecule has 5 nitrogen and oxygen atoms in total. The molecule has 0 amide bonds. The Morgan fingerprint density at radius 3 is 2.45 bits per heavy atom. The van der Waals surface area contributed by atoms with Crippen LogP contribution in [-0.4, -0.2) is 18.8 Å². The van der Waals surface area contributed by atoms with Gasteiger partial charge in [0.1, 0.15) is 11.6 Å². The maximum Gasteiger partial charge on any atom is 0.268 e. The zero-order chi connectivity index (χ0) is 16.1. The first-order chi connectivity index (χ1) is 10.7. The van der Waals surface area contributed by atoms with E-state index in [-0.39, 0.29) is 11.1 Å². The van der Waals surface area contributed by atoms with Crippen LogP contribution < -0.4 is 15.0 Å². The third kappa shape index (κ3) is 2.82. The van der Waals surface area contributed by atoms with Crippen molar-refractivity contribution >= 4 is 0 Å². The van der Waals surface area contributed by atoms with E-state index in [1.54, 1.807) is 37.0 Å². The molecule has 2 aromatic rings. The van der Waals surface area contributed by atoms with Crippen LogP contribution in [0.5, 0.6) is 11.5 Å². The van der Waals surface area contributed by atoms with Crippen molar-refractivity contribution in [3.05, 3.63) is 46.2 Å².